The summed E-state index contributed by atoms with van der Waals surface area (Å²) in [6.07, 6.45) is 4.64. The first-order chi connectivity index (χ1) is 11.0. The summed E-state index contributed by atoms with van der Waals surface area (Å²) in [4.78, 5) is 19.5. The van der Waals surface area contributed by atoms with E-state index in [1.54, 1.807) is 0 Å². The molecule has 2 heterocycles. The fraction of sp³-hybridized carbons (Fsp3) is 0.562. The van der Waals surface area contributed by atoms with Gasteiger partial charge >= 0.3 is 5.69 Å². The molecule has 0 aliphatic heterocycles. The van der Waals surface area contributed by atoms with Crippen LogP contribution in [-0.2, 0) is 0 Å². The van der Waals surface area contributed by atoms with Gasteiger partial charge < -0.3 is 5.32 Å². The van der Waals surface area contributed by atoms with E-state index >= 15 is 0 Å². The molecule has 23 heavy (non-hydrogen) atoms. The molecule has 7 heteroatoms. The van der Waals surface area contributed by atoms with Crippen molar-refractivity contribution in [3.05, 3.63) is 25.3 Å². The van der Waals surface area contributed by atoms with Crippen LogP contribution in [0.5, 0.6) is 0 Å². The van der Waals surface area contributed by atoms with Gasteiger partial charge in [0.1, 0.15) is 11.6 Å². The molecule has 1 unspecified atom stereocenters. The summed E-state index contributed by atoms with van der Waals surface area (Å²) >= 11 is 2.07. The number of hydrogen-bond acceptors (Lipinski definition) is 4. The Kier molecular flexibility index (Phi) is 6.04. The Morgan fingerprint density at radius 1 is 1.48 bits per heavy atom. The number of fused-ring (bicyclic) bond motifs is 1. The third kappa shape index (κ3) is 3.68. The molecule has 124 valence electrons. The van der Waals surface area contributed by atoms with Crippen molar-refractivity contribution in [2.45, 2.75) is 46.5 Å². The first-order valence-electron chi connectivity index (χ1n) is 7.98. The quantitative estimate of drug-likeness (QED) is 0.663. The van der Waals surface area contributed by atoms with Gasteiger partial charge in [-0.25, -0.2) is 9.20 Å². The Hall–Kier alpha value is -1.56. The fourth-order valence-electron chi connectivity index (χ4n) is 2.63. The van der Waals surface area contributed by atoms with Crippen molar-refractivity contribution in [2.24, 2.45) is 5.92 Å². The van der Waals surface area contributed by atoms with E-state index < -0.39 is 0 Å². The van der Waals surface area contributed by atoms with Gasteiger partial charge in [0.15, 0.2) is 5.65 Å². The van der Waals surface area contributed by atoms with Crippen molar-refractivity contribution in [1.82, 2.24) is 14.4 Å². The minimum Gasteiger partial charge on any atom is -0.355 e. The van der Waals surface area contributed by atoms with Gasteiger partial charge in [0.25, 0.3) is 0 Å². The van der Waals surface area contributed by atoms with Gasteiger partial charge in [0.2, 0.25) is 5.95 Å². The summed E-state index contributed by atoms with van der Waals surface area (Å²) < 4.78 is 2.18. The molecule has 0 saturated carbocycles. The summed E-state index contributed by atoms with van der Waals surface area (Å²) in [6.45, 7) is 6.97. The van der Waals surface area contributed by atoms with Crippen LogP contribution in [0, 0.1) is 27.9 Å². The summed E-state index contributed by atoms with van der Waals surface area (Å²) in [6, 6.07) is 2.15. The van der Waals surface area contributed by atoms with Crippen molar-refractivity contribution < 1.29 is 0 Å². The van der Waals surface area contributed by atoms with Crippen LogP contribution >= 0.6 is 22.6 Å². The second-order valence-electron chi connectivity index (χ2n) is 5.75. The molecule has 1 atom stereocenters. The molecule has 0 spiro atoms. The molecule has 0 saturated heterocycles. The number of halogens is 1. The lowest BCUT2D eigenvalue weighted by atomic mass is 9.99. The fourth-order valence-corrected chi connectivity index (χ4v) is 3.34. The molecule has 0 radical (unpaired) electrons. The Morgan fingerprint density at radius 3 is 2.83 bits per heavy atom. The van der Waals surface area contributed by atoms with Crippen LogP contribution in [0.15, 0.2) is 4.79 Å². The number of anilines is 1. The van der Waals surface area contributed by atoms with Crippen molar-refractivity contribution >= 4 is 34.2 Å². The monoisotopic (exact) mass is 427 g/mol. The summed E-state index contributed by atoms with van der Waals surface area (Å²) in [5.41, 5.74) is 1.40. The number of aromatic amines is 1. The van der Waals surface area contributed by atoms with Gasteiger partial charge in [-0.05, 0) is 41.9 Å². The van der Waals surface area contributed by atoms with E-state index in [1.165, 1.54) is 17.2 Å². The van der Waals surface area contributed by atoms with Crippen LogP contribution in [0.4, 0.5) is 5.95 Å². The van der Waals surface area contributed by atoms with E-state index in [1.807, 2.05) is 6.92 Å². The first kappa shape index (κ1) is 17.8. The van der Waals surface area contributed by atoms with E-state index in [9.17, 15) is 10.1 Å². The average molecular weight is 427 g/mol. The maximum atomic E-state index is 12.3. The third-order valence-corrected chi connectivity index (χ3v) is 5.47. The lowest BCUT2D eigenvalue weighted by Crippen LogP contribution is -2.23. The molecule has 0 bridgehead atoms. The molecule has 0 fully saturated rings. The van der Waals surface area contributed by atoms with E-state index in [4.69, 9.17) is 0 Å². The molecule has 0 aromatic carbocycles. The summed E-state index contributed by atoms with van der Waals surface area (Å²) in [7, 11) is 0. The number of nitrogens with one attached hydrogen (secondary N) is 2. The van der Waals surface area contributed by atoms with Crippen LogP contribution in [0.1, 0.15) is 50.7 Å². The highest BCUT2D eigenvalue weighted by Crippen LogP contribution is 2.21. The molecule has 6 nitrogen and oxygen atoms in total. The van der Waals surface area contributed by atoms with Gasteiger partial charge in [-0.2, -0.15) is 10.2 Å². The lowest BCUT2D eigenvalue weighted by Gasteiger charge is -2.15. The topological polar surface area (TPSA) is 86.0 Å². The number of nitrogens with zero attached hydrogens (tertiary/aromatic N) is 3. The van der Waals surface area contributed by atoms with Crippen molar-refractivity contribution in [1.29, 1.82) is 5.26 Å². The molecule has 0 aliphatic carbocycles. The minimum atomic E-state index is -0.270. The largest absolute Gasteiger partial charge is 0.355 e. The number of aromatic nitrogens is 3. The molecule has 0 aliphatic rings. The van der Waals surface area contributed by atoms with Crippen LogP contribution < -0.4 is 11.0 Å². The standard InChI is InChI=1S/C16H22IN5O/c1-4-6-7-11(5-2)9-19-15-20-14-12(8-18)10(3)13(17)22(14)16(23)21-15/h11H,4-7,9H2,1-3H3,(H2,19,20,21,23). The van der Waals surface area contributed by atoms with Gasteiger partial charge in [-0.3, -0.25) is 4.98 Å². The van der Waals surface area contributed by atoms with Crippen LogP contribution in [0.25, 0.3) is 5.65 Å². The van der Waals surface area contributed by atoms with E-state index in [-0.39, 0.29) is 5.69 Å². The third-order valence-electron chi connectivity index (χ3n) is 4.18. The smallest absolute Gasteiger partial charge is 0.334 e. The number of hydrogen-bond donors (Lipinski definition) is 2. The van der Waals surface area contributed by atoms with E-state index in [0.717, 1.165) is 28.7 Å². The lowest BCUT2D eigenvalue weighted by molar-refractivity contribution is 0.471. The number of H-pyrrole nitrogens is 1. The van der Waals surface area contributed by atoms with Gasteiger partial charge in [0.05, 0.1) is 3.70 Å². The SMILES string of the molecule is CCCCC(CC)CNc1nc2c(C#N)c(C)c(I)n2c(=O)[nH]1. The number of nitriles is 1. The van der Waals surface area contributed by atoms with Crippen molar-refractivity contribution in [3.8, 4) is 6.07 Å². The zero-order valence-electron chi connectivity index (χ0n) is 13.7. The Morgan fingerprint density at radius 2 is 2.22 bits per heavy atom. The first-order valence-corrected chi connectivity index (χ1v) is 9.06. The van der Waals surface area contributed by atoms with E-state index in [0.29, 0.717) is 23.1 Å². The Bertz CT molecular complexity index is 786. The maximum Gasteiger partial charge on any atom is 0.334 e. The second-order valence-corrected chi connectivity index (χ2v) is 6.77. The minimum absolute atomic E-state index is 0.270. The highest BCUT2D eigenvalue weighted by Gasteiger charge is 2.17. The zero-order chi connectivity index (χ0) is 17.0. The number of rotatable bonds is 7. The molecule has 0 amide bonds. The molecule has 2 aromatic heterocycles. The highest BCUT2D eigenvalue weighted by atomic mass is 127. The Labute approximate surface area is 149 Å². The molecular formula is C16H22IN5O. The van der Waals surface area contributed by atoms with Crippen LogP contribution in [0.2, 0.25) is 0 Å². The summed E-state index contributed by atoms with van der Waals surface area (Å²) in [5, 5.41) is 12.6. The Balaban J connectivity index is 2.30. The van der Waals surface area contributed by atoms with Crippen molar-refractivity contribution in [3.63, 3.8) is 0 Å². The highest BCUT2D eigenvalue weighted by molar-refractivity contribution is 14.1. The maximum absolute atomic E-state index is 12.3. The molecule has 2 aromatic rings. The van der Waals surface area contributed by atoms with Gasteiger partial charge in [-0.15, -0.1) is 0 Å². The second kappa shape index (κ2) is 7.81. The van der Waals surface area contributed by atoms with Crippen molar-refractivity contribution in [2.75, 3.05) is 11.9 Å². The van der Waals surface area contributed by atoms with E-state index in [2.05, 4.69) is 57.8 Å². The summed E-state index contributed by atoms with van der Waals surface area (Å²) in [5.74, 6) is 0.989. The molecule has 2 rings (SSSR count). The van der Waals surface area contributed by atoms with Gasteiger partial charge in [0, 0.05) is 12.1 Å². The number of unbranched alkanes of at least 4 members (excludes halogenated alkanes) is 1. The predicted octanol–water partition coefficient (Wildman–Crippen LogP) is 3.44. The normalized spacial score (nSPS) is 12.3. The van der Waals surface area contributed by atoms with Gasteiger partial charge in [-0.1, -0.05) is 33.1 Å². The average Bonchev–Trinajstić information content (AvgIpc) is 2.78. The van der Waals surface area contributed by atoms with Crippen LogP contribution in [-0.4, -0.2) is 20.9 Å². The molecule has 2 N–H and O–H groups in total. The predicted molar refractivity (Wildman–Crippen MR) is 99.8 cm³/mol. The van der Waals surface area contributed by atoms with Crippen LogP contribution in [0.3, 0.4) is 0 Å². The zero-order valence-corrected chi connectivity index (χ0v) is 15.9. The molecular weight excluding hydrogens is 405 g/mol.